The average Bonchev–Trinajstić information content (AvgIpc) is 2.20. The first-order valence-corrected chi connectivity index (χ1v) is 4.85. The van der Waals surface area contributed by atoms with Crippen molar-refractivity contribution in [3.8, 4) is 0 Å². The molecule has 0 fully saturated rings. The molecular weight excluding hydrogens is 184 g/mol. The van der Waals surface area contributed by atoms with Gasteiger partial charge < -0.3 is 15.7 Å². The summed E-state index contributed by atoms with van der Waals surface area (Å²) in [6.07, 6.45) is 1.27. The number of carbonyl (C=O) groups excluding carboxylic acids is 2. The van der Waals surface area contributed by atoms with Gasteiger partial charge in [0.2, 0.25) is 11.8 Å². The summed E-state index contributed by atoms with van der Waals surface area (Å²) < 4.78 is 0. The molecule has 2 amide bonds. The molecule has 0 spiro atoms. The van der Waals surface area contributed by atoms with Crippen LogP contribution in [-0.2, 0) is 9.59 Å². The molecule has 0 radical (unpaired) electrons. The van der Waals surface area contributed by atoms with Crippen molar-refractivity contribution in [2.45, 2.75) is 26.2 Å². The molecule has 0 saturated heterocycles. The van der Waals surface area contributed by atoms with Crippen LogP contribution in [0.3, 0.4) is 0 Å². The Kier molecular flexibility index (Phi) is 7.83. The highest BCUT2D eigenvalue weighted by molar-refractivity contribution is 5.83. The summed E-state index contributed by atoms with van der Waals surface area (Å²) in [5.74, 6) is -0.309. The van der Waals surface area contributed by atoms with Crippen molar-refractivity contribution in [3.63, 3.8) is 0 Å². The fourth-order valence-electron chi connectivity index (χ4n) is 0.864. The Balaban J connectivity index is 3.41. The van der Waals surface area contributed by atoms with Crippen molar-refractivity contribution < 1.29 is 14.7 Å². The van der Waals surface area contributed by atoms with E-state index in [1.807, 2.05) is 6.92 Å². The van der Waals surface area contributed by atoms with Gasteiger partial charge in [-0.25, -0.2) is 0 Å². The molecule has 0 aromatic heterocycles. The number of carbonyl (C=O) groups is 2. The highest BCUT2D eigenvalue weighted by atomic mass is 16.3. The molecule has 0 bridgehead atoms. The Hall–Kier alpha value is -1.10. The van der Waals surface area contributed by atoms with Crippen molar-refractivity contribution in [1.82, 2.24) is 10.6 Å². The maximum Gasteiger partial charge on any atom is 0.220 e. The Morgan fingerprint density at radius 3 is 2.00 bits per heavy atom. The minimum Gasteiger partial charge on any atom is -0.395 e. The number of nitrogens with one attached hydrogen (secondary N) is 2. The minimum atomic E-state index is -0.203. The van der Waals surface area contributed by atoms with Crippen LogP contribution in [0, 0.1) is 0 Å². The van der Waals surface area contributed by atoms with E-state index in [-0.39, 0.29) is 37.8 Å². The van der Waals surface area contributed by atoms with Crippen molar-refractivity contribution in [1.29, 1.82) is 0 Å². The number of amides is 2. The van der Waals surface area contributed by atoms with Crippen LogP contribution in [0.1, 0.15) is 26.2 Å². The predicted octanol–water partition coefficient (Wildman–Crippen LogP) is -0.599. The van der Waals surface area contributed by atoms with E-state index in [4.69, 9.17) is 5.11 Å². The van der Waals surface area contributed by atoms with E-state index < -0.39 is 0 Å². The fraction of sp³-hybridized carbons (Fsp3) is 0.778. The summed E-state index contributed by atoms with van der Waals surface area (Å²) in [6, 6.07) is 0. The van der Waals surface area contributed by atoms with Gasteiger partial charge in [-0.2, -0.15) is 0 Å². The third kappa shape index (κ3) is 7.54. The second-order valence-corrected chi connectivity index (χ2v) is 2.92. The smallest absolute Gasteiger partial charge is 0.220 e. The standard InChI is InChI=1S/C9H18N2O3/c1-2-5-10-8(13)3-4-9(14)11-6-7-12/h12H,2-7H2,1H3,(H,10,13)(H,11,14). The Morgan fingerprint density at radius 1 is 1.07 bits per heavy atom. The maximum absolute atomic E-state index is 11.0. The average molecular weight is 202 g/mol. The molecule has 82 valence electrons. The number of rotatable bonds is 7. The van der Waals surface area contributed by atoms with Gasteiger partial charge in [-0.15, -0.1) is 0 Å². The summed E-state index contributed by atoms with van der Waals surface area (Å²) in [5, 5.41) is 13.6. The van der Waals surface area contributed by atoms with Crippen LogP contribution in [0.2, 0.25) is 0 Å². The van der Waals surface area contributed by atoms with Crippen molar-refractivity contribution in [3.05, 3.63) is 0 Å². The lowest BCUT2D eigenvalue weighted by Crippen LogP contribution is -2.29. The molecule has 0 aromatic carbocycles. The van der Waals surface area contributed by atoms with Gasteiger partial charge in [0.1, 0.15) is 0 Å². The number of hydrogen-bond acceptors (Lipinski definition) is 3. The molecule has 0 aromatic rings. The quantitative estimate of drug-likeness (QED) is 0.516. The number of hydrogen-bond donors (Lipinski definition) is 3. The lowest BCUT2D eigenvalue weighted by molar-refractivity contribution is -0.126. The Bertz CT molecular complexity index is 163. The van der Waals surface area contributed by atoms with Crippen LogP contribution in [0.5, 0.6) is 0 Å². The number of aliphatic hydroxyl groups is 1. The summed E-state index contributed by atoms with van der Waals surface area (Å²) in [6.45, 7) is 2.79. The van der Waals surface area contributed by atoms with Gasteiger partial charge in [-0.05, 0) is 6.42 Å². The molecule has 0 heterocycles. The van der Waals surface area contributed by atoms with Crippen LogP contribution in [0.4, 0.5) is 0 Å². The molecule has 3 N–H and O–H groups in total. The van der Waals surface area contributed by atoms with Crippen LogP contribution in [0.25, 0.3) is 0 Å². The molecular formula is C9H18N2O3. The molecule has 14 heavy (non-hydrogen) atoms. The topological polar surface area (TPSA) is 78.4 Å². The largest absolute Gasteiger partial charge is 0.395 e. The molecule has 0 rings (SSSR count). The molecule has 0 atom stereocenters. The van der Waals surface area contributed by atoms with Gasteiger partial charge in [-0.1, -0.05) is 6.92 Å². The van der Waals surface area contributed by atoms with Crippen molar-refractivity contribution in [2.75, 3.05) is 19.7 Å². The first-order chi connectivity index (χ1) is 6.70. The van der Waals surface area contributed by atoms with Gasteiger partial charge in [0.15, 0.2) is 0 Å². The van der Waals surface area contributed by atoms with Gasteiger partial charge in [0.25, 0.3) is 0 Å². The van der Waals surface area contributed by atoms with Crippen LogP contribution in [-0.4, -0.2) is 36.6 Å². The first-order valence-electron chi connectivity index (χ1n) is 4.85. The van der Waals surface area contributed by atoms with E-state index in [9.17, 15) is 9.59 Å². The molecule has 0 aliphatic carbocycles. The van der Waals surface area contributed by atoms with E-state index in [2.05, 4.69) is 10.6 Å². The van der Waals surface area contributed by atoms with Crippen LogP contribution in [0.15, 0.2) is 0 Å². The summed E-state index contributed by atoms with van der Waals surface area (Å²) in [7, 11) is 0. The van der Waals surface area contributed by atoms with Crippen LogP contribution >= 0.6 is 0 Å². The Morgan fingerprint density at radius 2 is 1.57 bits per heavy atom. The van der Waals surface area contributed by atoms with Crippen LogP contribution < -0.4 is 10.6 Å². The highest BCUT2D eigenvalue weighted by Gasteiger charge is 2.04. The molecule has 5 heteroatoms. The van der Waals surface area contributed by atoms with Crippen molar-refractivity contribution in [2.24, 2.45) is 0 Å². The molecule has 5 nitrogen and oxygen atoms in total. The van der Waals surface area contributed by atoms with Gasteiger partial charge in [0.05, 0.1) is 6.61 Å². The molecule has 0 aliphatic rings. The second kappa shape index (κ2) is 8.50. The Labute approximate surface area is 83.9 Å². The van der Waals surface area contributed by atoms with E-state index in [1.165, 1.54) is 0 Å². The van der Waals surface area contributed by atoms with Gasteiger partial charge in [0, 0.05) is 25.9 Å². The fourth-order valence-corrected chi connectivity index (χ4v) is 0.864. The summed E-state index contributed by atoms with van der Waals surface area (Å²) >= 11 is 0. The zero-order valence-corrected chi connectivity index (χ0v) is 8.51. The van der Waals surface area contributed by atoms with E-state index >= 15 is 0 Å². The van der Waals surface area contributed by atoms with E-state index in [0.29, 0.717) is 6.54 Å². The van der Waals surface area contributed by atoms with Gasteiger partial charge in [-0.3, -0.25) is 9.59 Å². The minimum absolute atomic E-state index is 0.0756. The molecule has 0 saturated carbocycles. The SMILES string of the molecule is CCCNC(=O)CCC(=O)NCCO. The summed E-state index contributed by atoms with van der Waals surface area (Å²) in [5.41, 5.74) is 0. The molecule has 0 aliphatic heterocycles. The zero-order valence-electron chi connectivity index (χ0n) is 8.51. The normalized spacial score (nSPS) is 9.57. The predicted molar refractivity (Wildman–Crippen MR) is 52.6 cm³/mol. The zero-order chi connectivity index (χ0) is 10.8. The maximum atomic E-state index is 11.0. The van der Waals surface area contributed by atoms with E-state index in [0.717, 1.165) is 6.42 Å². The summed E-state index contributed by atoms with van der Waals surface area (Å²) in [4.78, 5) is 22.0. The lowest BCUT2D eigenvalue weighted by atomic mass is 10.3. The second-order valence-electron chi connectivity index (χ2n) is 2.92. The van der Waals surface area contributed by atoms with Gasteiger partial charge >= 0.3 is 0 Å². The molecule has 0 unspecified atom stereocenters. The van der Waals surface area contributed by atoms with Crippen molar-refractivity contribution >= 4 is 11.8 Å². The lowest BCUT2D eigenvalue weighted by Gasteiger charge is -2.03. The highest BCUT2D eigenvalue weighted by Crippen LogP contribution is 1.88. The third-order valence-electron chi connectivity index (χ3n) is 1.59. The third-order valence-corrected chi connectivity index (χ3v) is 1.59. The monoisotopic (exact) mass is 202 g/mol. The first kappa shape index (κ1) is 12.9. The van der Waals surface area contributed by atoms with E-state index in [1.54, 1.807) is 0 Å². The number of aliphatic hydroxyl groups excluding tert-OH is 1.